The highest BCUT2D eigenvalue weighted by atomic mass is 35.5. The van der Waals surface area contributed by atoms with Gasteiger partial charge in [-0.15, -0.1) is 11.3 Å². The quantitative estimate of drug-likeness (QED) is 0.580. The Kier molecular flexibility index (Phi) is 4.89. The second-order valence-electron chi connectivity index (χ2n) is 4.18. The zero-order chi connectivity index (χ0) is 14.5. The van der Waals surface area contributed by atoms with Gasteiger partial charge in [-0.25, -0.2) is 15.8 Å². The molecule has 106 valence electrons. The number of carbonyl (C=O) groups excluding carboxylic acids is 1. The number of hydrogen-bond acceptors (Lipinski definition) is 6. The van der Waals surface area contributed by atoms with E-state index >= 15 is 0 Å². The summed E-state index contributed by atoms with van der Waals surface area (Å²) in [5.41, 5.74) is 2.74. The number of thiazole rings is 1. The highest BCUT2D eigenvalue weighted by Gasteiger charge is 2.13. The average molecular weight is 312 g/mol. The highest BCUT2D eigenvalue weighted by Crippen LogP contribution is 2.19. The van der Waals surface area contributed by atoms with Crippen molar-refractivity contribution in [3.8, 4) is 0 Å². The molecule has 20 heavy (non-hydrogen) atoms. The number of nitrogens with zero attached hydrogens (tertiary/aromatic N) is 2. The highest BCUT2D eigenvalue weighted by molar-refractivity contribution is 7.09. The monoisotopic (exact) mass is 311 g/mol. The summed E-state index contributed by atoms with van der Waals surface area (Å²) in [4.78, 5) is 20.2. The number of hydrazine groups is 1. The van der Waals surface area contributed by atoms with Crippen LogP contribution in [-0.2, 0) is 0 Å². The van der Waals surface area contributed by atoms with Gasteiger partial charge in [0.05, 0.1) is 15.6 Å². The molecule has 1 unspecified atom stereocenters. The van der Waals surface area contributed by atoms with Crippen LogP contribution in [0.15, 0.2) is 23.8 Å². The van der Waals surface area contributed by atoms with Crippen LogP contribution < -0.4 is 16.6 Å². The molecule has 4 N–H and O–H groups in total. The lowest BCUT2D eigenvalue weighted by atomic mass is 10.2. The van der Waals surface area contributed by atoms with E-state index in [2.05, 4.69) is 20.7 Å². The number of pyridine rings is 1. The molecule has 0 spiro atoms. The van der Waals surface area contributed by atoms with Gasteiger partial charge in [0.1, 0.15) is 0 Å². The van der Waals surface area contributed by atoms with Crippen LogP contribution in [0.5, 0.6) is 0 Å². The molecule has 0 aromatic carbocycles. The van der Waals surface area contributed by atoms with Crippen molar-refractivity contribution in [1.29, 1.82) is 0 Å². The first kappa shape index (κ1) is 14.7. The van der Waals surface area contributed by atoms with Crippen molar-refractivity contribution in [1.82, 2.24) is 15.3 Å². The predicted octanol–water partition coefficient (Wildman–Crippen LogP) is 2.01. The molecule has 2 heterocycles. The maximum Gasteiger partial charge on any atom is 0.252 e. The number of aromatic nitrogens is 2. The second-order valence-corrected chi connectivity index (χ2v) is 5.51. The Bertz CT molecular complexity index is 590. The molecule has 2 rings (SSSR count). The zero-order valence-corrected chi connectivity index (χ0v) is 12.3. The molecule has 2 aromatic heterocycles. The molecular weight excluding hydrogens is 298 g/mol. The summed E-state index contributed by atoms with van der Waals surface area (Å²) < 4.78 is 0. The Morgan fingerprint density at radius 1 is 1.55 bits per heavy atom. The van der Waals surface area contributed by atoms with Gasteiger partial charge in [0.25, 0.3) is 5.91 Å². The molecule has 0 aliphatic carbocycles. The van der Waals surface area contributed by atoms with Crippen LogP contribution in [0.4, 0.5) is 5.82 Å². The fraction of sp³-hybridized carbons (Fsp3) is 0.250. The molecule has 0 fully saturated rings. The van der Waals surface area contributed by atoms with Crippen molar-refractivity contribution in [2.45, 2.75) is 12.8 Å². The van der Waals surface area contributed by atoms with E-state index in [4.69, 9.17) is 17.4 Å². The van der Waals surface area contributed by atoms with Gasteiger partial charge in [-0.1, -0.05) is 18.5 Å². The second kappa shape index (κ2) is 6.65. The minimum atomic E-state index is -0.230. The van der Waals surface area contributed by atoms with Gasteiger partial charge in [-0.05, 0) is 6.07 Å². The Hall–Kier alpha value is -1.70. The van der Waals surface area contributed by atoms with Crippen molar-refractivity contribution in [3.05, 3.63) is 39.4 Å². The largest absolute Gasteiger partial charge is 0.351 e. The average Bonchev–Trinajstić information content (AvgIpc) is 2.98. The Morgan fingerprint density at radius 2 is 2.35 bits per heavy atom. The Balaban J connectivity index is 1.96. The number of halogens is 1. The Morgan fingerprint density at radius 3 is 2.95 bits per heavy atom. The summed E-state index contributed by atoms with van der Waals surface area (Å²) in [6, 6.07) is 1.52. The standard InChI is InChI=1S/C12H14ClN5OS/c1-7(12-15-2-3-20-12)5-17-11(19)8-4-9(13)10(18-14)16-6-8/h2-4,6-7H,5,14H2,1H3,(H,16,18)(H,17,19). The van der Waals surface area contributed by atoms with Crippen LogP contribution in [0.1, 0.15) is 28.2 Å². The summed E-state index contributed by atoms with van der Waals surface area (Å²) in [6.07, 6.45) is 3.17. The minimum absolute atomic E-state index is 0.160. The summed E-state index contributed by atoms with van der Waals surface area (Å²) in [7, 11) is 0. The van der Waals surface area contributed by atoms with Crippen molar-refractivity contribution < 1.29 is 4.79 Å². The van der Waals surface area contributed by atoms with Crippen LogP contribution >= 0.6 is 22.9 Å². The normalized spacial score (nSPS) is 11.9. The Labute approximate surface area is 125 Å². The number of rotatable bonds is 5. The summed E-state index contributed by atoms with van der Waals surface area (Å²) in [6.45, 7) is 2.51. The smallest absolute Gasteiger partial charge is 0.252 e. The molecule has 1 amide bonds. The van der Waals surface area contributed by atoms with E-state index in [1.165, 1.54) is 12.3 Å². The number of amides is 1. The number of nitrogens with two attached hydrogens (primary N) is 1. The molecule has 2 aromatic rings. The minimum Gasteiger partial charge on any atom is -0.351 e. The van der Waals surface area contributed by atoms with Crippen LogP contribution in [0.25, 0.3) is 0 Å². The van der Waals surface area contributed by atoms with Crippen molar-refractivity contribution in [2.24, 2.45) is 5.84 Å². The fourth-order valence-electron chi connectivity index (χ4n) is 1.58. The number of hydrogen-bond donors (Lipinski definition) is 3. The maximum absolute atomic E-state index is 12.0. The fourth-order valence-corrected chi connectivity index (χ4v) is 2.50. The zero-order valence-electron chi connectivity index (χ0n) is 10.8. The SMILES string of the molecule is CC(CNC(=O)c1cnc(NN)c(Cl)c1)c1nccs1. The molecule has 0 aliphatic heterocycles. The first-order valence-electron chi connectivity index (χ1n) is 5.91. The summed E-state index contributed by atoms with van der Waals surface area (Å²) in [5, 5.41) is 6.03. The van der Waals surface area contributed by atoms with Crippen LogP contribution in [-0.4, -0.2) is 22.4 Å². The van der Waals surface area contributed by atoms with Crippen molar-refractivity contribution in [2.75, 3.05) is 12.0 Å². The van der Waals surface area contributed by atoms with E-state index in [0.717, 1.165) is 5.01 Å². The van der Waals surface area contributed by atoms with Crippen molar-refractivity contribution >= 4 is 34.7 Å². The van der Waals surface area contributed by atoms with E-state index in [9.17, 15) is 4.79 Å². The van der Waals surface area contributed by atoms with Gasteiger partial charge in [0.15, 0.2) is 5.82 Å². The molecular formula is C12H14ClN5OS. The molecule has 0 radical (unpaired) electrons. The molecule has 6 nitrogen and oxygen atoms in total. The molecule has 0 saturated heterocycles. The van der Waals surface area contributed by atoms with Gasteiger partial charge in [0.2, 0.25) is 0 Å². The van der Waals surface area contributed by atoms with E-state index < -0.39 is 0 Å². The molecule has 0 aliphatic rings. The third-order valence-corrected chi connectivity index (χ3v) is 3.98. The number of carbonyl (C=O) groups is 1. The number of nitrogen functional groups attached to an aromatic ring is 1. The van der Waals surface area contributed by atoms with Gasteiger partial charge < -0.3 is 10.7 Å². The predicted molar refractivity (Wildman–Crippen MR) is 79.9 cm³/mol. The summed E-state index contributed by atoms with van der Waals surface area (Å²) >= 11 is 7.49. The van der Waals surface area contributed by atoms with Crippen LogP contribution in [0.3, 0.4) is 0 Å². The number of nitrogens with one attached hydrogen (secondary N) is 2. The molecule has 1 atom stereocenters. The topological polar surface area (TPSA) is 92.9 Å². The molecule has 0 saturated carbocycles. The van der Waals surface area contributed by atoms with E-state index in [-0.39, 0.29) is 11.8 Å². The lowest BCUT2D eigenvalue weighted by molar-refractivity contribution is 0.0951. The van der Waals surface area contributed by atoms with Gasteiger partial charge in [-0.3, -0.25) is 4.79 Å². The van der Waals surface area contributed by atoms with Gasteiger partial charge in [-0.2, -0.15) is 0 Å². The van der Waals surface area contributed by atoms with E-state index in [0.29, 0.717) is 22.9 Å². The third-order valence-electron chi connectivity index (χ3n) is 2.68. The van der Waals surface area contributed by atoms with Crippen molar-refractivity contribution in [3.63, 3.8) is 0 Å². The maximum atomic E-state index is 12.0. The van der Waals surface area contributed by atoms with Gasteiger partial charge in [0, 0.05) is 30.2 Å². The lowest BCUT2D eigenvalue weighted by Gasteiger charge is -2.10. The third kappa shape index (κ3) is 3.44. The first-order chi connectivity index (χ1) is 9.61. The molecule has 8 heteroatoms. The first-order valence-corrected chi connectivity index (χ1v) is 7.17. The van der Waals surface area contributed by atoms with E-state index in [1.807, 2.05) is 12.3 Å². The summed E-state index contributed by atoms with van der Waals surface area (Å²) in [5.74, 6) is 5.49. The van der Waals surface area contributed by atoms with Gasteiger partial charge >= 0.3 is 0 Å². The molecule has 0 bridgehead atoms. The van der Waals surface area contributed by atoms with Crippen LogP contribution in [0, 0.1) is 0 Å². The van der Waals surface area contributed by atoms with E-state index in [1.54, 1.807) is 17.5 Å². The lowest BCUT2D eigenvalue weighted by Crippen LogP contribution is -2.27. The number of anilines is 1. The van der Waals surface area contributed by atoms with Crippen LogP contribution in [0.2, 0.25) is 5.02 Å².